The van der Waals surface area contributed by atoms with E-state index in [1.807, 2.05) is 0 Å². The molecule has 4 heteroatoms. The summed E-state index contributed by atoms with van der Waals surface area (Å²) in [6, 6.07) is 0.442. The molecule has 0 spiro atoms. The van der Waals surface area contributed by atoms with Gasteiger partial charge in [0, 0.05) is 12.6 Å². The molecule has 0 amide bonds. The SMILES string of the molecule is CCCNC1(C(=O)O)CCC(N2CCC(C(C)(C)C)C2)C1. The van der Waals surface area contributed by atoms with Gasteiger partial charge in [0.15, 0.2) is 0 Å². The molecule has 0 bridgehead atoms. The first-order valence-electron chi connectivity index (χ1n) is 8.51. The number of hydrogen-bond acceptors (Lipinski definition) is 3. The van der Waals surface area contributed by atoms with Crippen LogP contribution in [0.3, 0.4) is 0 Å². The van der Waals surface area contributed by atoms with E-state index in [4.69, 9.17) is 0 Å². The molecule has 1 saturated carbocycles. The highest BCUT2D eigenvalue weighted by atomic mass is 16.4. The van der Waals surface area contributed by atoms with Crippen molar-refractivity contribution in [3.8, 4) is 0 Å². The van der Waals surface area contributed by atoms with Crippen LogP contribution in [-0.4, -0.2) is 47.2 Å². The average Bonchev–Trinajstić information content (AvgIpc) is 3.03. The molecule has 1 heterocycles. The Hall–Kier alpha value is -0.610. The predicted octanol–water partition coefficient (Wildman–Crippen LogP) is 2.73. The van der Waals surface area contributed by atoms with Gasteiger partial charge in [-0.25, -0.2) is 0 Å². The minimum absolute atomic E-state index is 0.359. The zero-order valence-electron chi connectivity index (χ0n) is 14.1. The van der Waals surface area contributed by atoms with Crippen molar-refractivity contribution >= 4 is 5.97 Å². The molecule has 1 aliphatic heterocycles. The van der Waals surface area contributed by atoms with Crippen LogP contribution >= 0.6 is 0 Å². The maximum absolute atomic E-state index is 11.7. The number of hydrogen-bond donors (Lipinski definition) is 2. The van der Waals surface area contributed by atoms with Gasteiger partial charge in [0.2, 0.25) is 0 Å². The molecule has 2 fully saturated rings. The first-order chi connectivity index (χ1) is 9.78. The Morgan fingerprint density at radius 2 is 2.10 bits per heavy atom. The van der Waals surface area contributed by atoms with E-state index in [9.17, 15) is 9.90 Å². The zero-order chi connectivity index (χ0) is 15.7. The van der Waals surface area contributed by atoms with Crippen LogP contribution in [0.25, 0.3) is 0 Å². The number of nitrogens with one attached hydrogen (secondary N) is 1. The molecule has 3 unspecified atom stereocenters. The van der Waals surface area contributed by atoms with Gasteiger partial charge in [-0.15, -0.1) is 0 Å². The summed E-state index contributed by atoms with van der Waals surface area (Å²) in [7, 11) is 0. The molecule has 3 atom stereocenters. The number of carboxylic acids is 1. The Kier molecular flexibility index (Phi) is 4.99. The predicted molar refractivity (Wildman–Crippen MR) is 85.4 cm³/mol. The van der Waals surface area contributed by atoms with Crippen molar-refractivity contribution < 1.29 is 9.90 Å². The fourth-order valence-corrected chi connectivity index (χ4v) is 3.95. The van der Waals surface area contributed by atoms with Gasteiger partial charge in [0.25, 0.3) is 0 Å². The highest BCUT2D eigenvalue weighted by Crippen LogP contribution is 2.39. The third-order valence-electron chi connectivity index (χ3n) is 5.57. The average molecular weight is 296 g/mol. The summed E-state index contributed by atoms with van der Waals surface area (Å²) in [5.74, 6) is 0.0750. The maximum Gasteiger partial charge on any atom is 0.323 e. The Balaban J connectivity index is 1.97. The fraction of sp³-hybridized carbons (Fsp3) is 0.941. The molecule has 4 nitrogen and oxygen atoms in total. The van der Waals surface area contributed by atoms with Crippen molar-refractivity contribution in [3.05, 3.63) is 0 Å². The molecule has 0 aromatic rings. The minimum atomic E-state index is -0.680. The Labute approximate surface area is 129 Å². The lowest BCUT2D eigenvalue weighted by Crippen LogP contribution is -2.51. The molecule has 0 aromatic carbocycles. The summed E-state index contributed by atoms with van der Waals surface area (Å²) in [5.41, 5.74) is -0.321. The Morgan fingerprint density at radius 3 is 2.62 bits per heavy atom. The second kappa shape index (κ2) is 6.25. The molecule has 1 saturated heterocycles. The van der Waals surface area contributed by atoms with Crippen LogP contribution in [0.2, 0.25) is 0 Å². The standard InChI is InChI=1S/C17H32N2O2/c1-5-9-18-17(15(20)21)8-6-14(11-17)19-10-7-13(12-19)16(2,3)4/h13-14,18H,5-12H2,1-4H3,(H,20,21). The van der Waals surface area contributed by atoms with Gasteiger partial charge in [-0.05, 0) is 56.5 Å². The fourth-order valence-electron chi connectivity index (χ4n) is 3.95. The van der Waals surface area contributed by atoms with E-state index in [2.05, 4.69) is 37.9 Å². The lowest BCUT2D eigenvalue weighted by atomic mass is 9.80. The van der Waals surface area contributed by atoms with Gasteiger partial charge in [-0.3, -0.25) is 9.69 Å². The van der Waals surface area contributed by atoms with E-state index in [0.717, 1.165) is 51.2 Å². The lowest BCUT2D eigenvalue weighted by Gasteiger charge is -2.30. The van der Waals surface area contributed by atoms with Crippen molar-refractivity contribution in [1.82, 2.24) is 10.2 Å². The summed E-state index contributed by atoms with van der Waals surface area (Å²) in [5, 5.41) is 13.0. The number of rotatable bonds is 5. The van der Waals surface area contributed by atoms with Gasteiger partial charge >= 0.3 is 5.97 Å². The third kappa shape index (κ3) is 3.59. The molecule has 0 radical (unpaired) electrons. The topological polar surface area (TPSA) is 52.6 Å². The van der Waals surface area contributed by atoms with Gasteiger partial charge in [-0.2, -0.15) is 0 Å². The Morgan fingerprint density at radius 1 is 1.38 bits per heavy atom. The van der Waals surface area contributed by atoms with E-state index in [-0.39, 0.29) is 0 Å². The first-order valence-corrected chi connectivity index (χ1v) is 8.51. The highest BCUT2D eigenvalue weighted by molar-refractivity contribution is 5.79. The van der Waals surface area contributed by atoms with E-state index < -0.39 is 11.5 Å². The van der Waals surface area contributed by atoms with Crippen LogP contribution < -0.4 is 5.32 Å². The van der Waals surface area contributed by atoms with Crippen molar-refractivity contribution in [2.45, 2.75) is 71.4 Å². The van der Waals surface area contributed by atoms with E-state index >= 15 is 0 Å². The maximum atomic E-state index is 11.7. The van der Waals surface area contributed by atoms with Crippen LogP contribution in [0.4, 0.5) is 0 Å². The first kappa shape index (κ1) is 16.8. The normalized spacial score (nSPS) is 34.5. The Bertz CT molecular complexity index is 377. The van der Waals surface area contributed by atoms with E-state index in [1.54, 1.807) is 0 Å². The number of carbonyl (C=O) groups is 1. The molecule has 2 N–H and O–H groups in total. The van der Waals surface area contributed by atoms with Crippen molar-refractivity contribution in [1.29, 1.82) is 0 Å². The number of carboxylic acid groups (broad SMARTS) is 1. The minimum Gasteiger partial charge on any atom is -0.480 e. The summed E-state index contributed by atoms with van der Waals surface area (Å²) in [4.78, 5) is 14.3. The zero-order valence-corrected chi connectivity index (χ0v) is 14.1. The quantitative estimate of drug-likeness (QED) is 0.819. The highest BCUT2D eigenvalue weighted by Gasteiger charge is 2.48. The molecule has 2 aliphatic rings. The summed E-state index contributed by atoms with van der Waals surface area (Å²) >= 11 is 0. The van der Waals surface area contributed by atoms with Gasteiger partial charge in [0.1, 0.15) is 5.54 Å². The van der Waals surface area contributed by atoms with E-state index in [1.165, 1.54) is 6.42 Å². The van der Waals surface area contributed by atoms with Crippen LogP contribution in [0.1, 0.15) is 59.8 Å². The summed E-state index contributed by atoms with van der Waals surface area (Å²) in [6.07, 6.45) is 4.78. The van der Waals surface area contributed by atoms with Crippen LogP contribution in [0.5, 0.6) is 0 Å². The van der Waals surface area contributed by atoms with Crippen molar-refractivity contribution in [2.24, 2.45) is 11.3 Å². The lowest BCUT2D eigenvalue weighted by molar-refractivity contribution is -0.144. The van der Waals surface area contributed by atoms with Crippen LogP contribution in [-0.2, 0) is 4.79 Å². The van der Waals surface area contributed by atoms with E-state index in [0.29, 0.717) is 11.5 Å². The van der Waals surface area contributed by atoms with Gasteiger partial charge in [0.05, 0.1) is 0 Å². The van der Waals surface area contributed by atoms with Crippen LogP contribution in [0, 0.1) is 11.3 Å². The summed E-state index contributed by atoms with van der Waals surface area (Å²) < 4.78 is 0. The smallest absolute Gasteiger partial charge is 0.323 e. The van der Waals surface area contributed by atoms with Crippen molar-refractivity contribution in [3.63, 3.8) is 0 Å². The molecular weight excluding hydrogens is 264 g/mol. The molecule has 2 rings (SSSR count). The van der Waals surface area contributed by atoms with Crippen molar-refractivity contribution in [2.75, 3.05) is 19.6 Å². The van der Waals surface area contributed by atoms with Gasteiger partial charge < -0.3 is 10.4 Å². The molecular formula is C17H32N2O2. The van der Waals surface area contributed by atoms with Crippen LogP contribution in [0.15, 0.2) is 0 Å². The second-order valence-corrected chi connectivity index (χ2v) is 8.06. The molecule has 122 valence electrons. The molecule has 21 heavy (non-hydrogen) atoms. The molecule has 1 aliphatic carbocycles. The second-order valence-electron chi connectivity index (χ2n) is 8.06. The number of nitrogens with zero attached hydrogens (tertiary/aromatic N) is 1. The summed E-state index contributed by atoms with van der Waals surface area (Å²) in [6.45, 7) is 12.1. The van der Waals surface area contributed by atoms with Gasteiger partial charge in [-0.1, -0.05) is 27.7 Å². The molecule has 0 aromatic heterocycles. The number of likely N-dealkylation sites (tertiary alicyclic amines) is 1. The third-order valence-corrected chi connectivity index (χ3v) is 5.57. The number of aliphatic carboxylic acids is 1. The monoisotopic (exact) mass is 296 g/mol. The largest absolute Gasteiger partial charge is 0.480 e.